The maximum atomic E-state index is 13.8. The number of ether oxygens (including phenoxy) is 1. The van der Waals surface area contributed by atoms with Crippen molar-refractivity contribution in [2.75, 3.05) is 0 Å². The third-order valence-electron chi connectivity index (χ3n) is 8.28. The van der Waals surface area contributed by atoms with E-state index in [1.54, 1.807) is 0 Å². The maximum absolute atomic E-state index is 13.8. The molecule has 190 valence electrons. The summed E-state index contributed by atoms with van der Waals surface area (Å²) >= 11 is 0. The quantitative estimate of drug-likeness (QED) is 0.440. The number of aliphatic hydroxyl groups is 2. The van der Waals surface area contributed by atoms with Crippen LogP contribution in [0.15, 0.2) is 53.6 Å². The van der Waals surface area contributed by atoms with Crippen LogP contribution in [0.1, 0.15) is 64.9 Å². The first-order valence-corrected chi connectivity index (χ1v) is 13.0. The first kappa shape index (κ1) is 25.6. The molecule has 6 nitrogen and oxygen atoms in total. The van der Waals surface area contributed by atoms with Crippen molar-refractivity contribution in [3.05, 3.63) is 59.2 Å². The highest BCUT2D eigenvalue weighted by Crippen LogP contribution is 2.50. The predicted molar refractivity (Wildman–Crippen MR) is 134 cm³/mol. The minimum absolute atomic E-state index is 0.0378. The van der Waals surface area contributed by atoms with Crippen LogP contribution in [0.25, 0.3) is 0 Å². The summed E-state index contributed by atoms with van der Waals surface area (Å²) in [5.41, 5.74) is 1.29. The lowest BCUT2D eigenvalue weighted by Crippen LogP contribution is -2.59. The third kappa shape index (κ3) is 5.10. The Labute approximate surface area is 208 Å². The summed E-state index contributed by atoms with van der Waals surface area (Å²) in [6.45, 7) is 6.02. The Hall–Kier alpha value is -2.44. The monoisotopic (exact) mass is 481 g/mol. The van der Waals surface area contributed by atoms with Gasteiger partial charge in [0, 0.05) is 12.5 Å². The van der Waals surface area contributed by atoms with Crippen LogP contribution in [0.3, 0.4) is 0 Å². The summed E-state index contributed by atoms with van der Waals surface area (Å²) in [6.07, 6.45) is 6.70. The van der Waals surface area contributed by atoms with E-state index in [4.69, 9.17) is 4.74 Å². The summed E-state index contributed by atoms with van der Waals surface area (Å²) in [6, 6.07) is 9.69. The fourth-order valence-electron chi connectivity index (χ4n) is 6.18. The zero-order valence-corrected chi connectivity index (χ0v) is 21.1. The number of hydrogen-bond donors (Lipinski definition) is 3. The number of carbonyl (C=O) groups excluding carboxylic acids is 2. The molecule has 1 saturated heterocycles. The van der Waals surface area contributed by atoms with E-state index in [9.17, 15) is 19.8 Å². The molecule has 3 aliphatic rings. The molecule has 1 aromatic carbocycles. The number of benzene rings is 1. The molecular formula is C29H39NO5. The van der Waals surface area contributed by atoms with Gasteiger partial charge in [-0.25, -0.2) is 0 Å². The van der Waals surface area contributed by atoms with Crippen molar-refractivity contribution in [3.8, 4) is 0 Å². The van der Waals surface area contributed by atoms with Crippen LogP contribution in [0, 0.1) is 17.8 Å². The van der Waals surface area contributed by atoms with Crippen molar-refractivity contribution in [1.29, 1.82) is 0 Å². The van der Waals surface area contributed by atoms with Crippen LogP contribution in [0.5, 0.6) is 0 Å². The Morgan fingerprint density at radius 3 is 2.54 bits per heavy atom. The molecule has 0 unspecified atom stereocenters. The van der Waals surface area contributed by atoms with E-state index in [1.165, 1.54) is 0 Å². The molecule has 0 radical (unpaired) electrons. The average Bonchev–Trinajstić information content (AvgIpc) is 3.09. The lowest BCUT2D eigenvalue weighted by molar-refractivity contribution is -0.180. The summed E-state index contributed by atoms with van der Waals surface area (Å²) in [4.78, 5) is 26.9. The van der Waals surface area contributed by atoms with Crippen molar-refractivity contribution in [2.24, 2.45) is 17.8 Å². The Kier molecular flexibility index (Phi) is 7.82. The molecule has 3 N–H and O–H groups in total. The lowest BCUT2D eigenvalue weighted by Gasteiger charge is -2.46. The van der Waals surface area contributed by atoms with E-state index < -0.39 is 35.6 Å². The highest BCUT2D eigenvalue weighted by atomic mass is 16.6. The van der Waals surface area contributed by atoms with Crippen LogP contribution < -0.4 is 5.32 Å². The second-order valence-corrected chi connectivity index (χ2v) is 10.7. The van der Waals surface area contributed by atoms with E-state index in [0.29, 0.717) is 25.2 Å². The first-order chi connectivity index (χ1) is 16.7. The van der Waals surface area contributed by atoms with Gasteiger partial charge in [-0.1, -0.05) is 67.8 Å². The smallest absolute Gasteiger partial charge is 0.306 e. The number of hydrogen-bond acceptors (Lipinski definition) is 5. The van der Waals surface area contributed by atoms with E-state index in [1.807, 2.05) is 56.3 Å². The highest BCUT2D eigenvalue weighted by molar-refractivity contribution is 5.93. The van der Waals surface area contributed by atoms with Crippen molar-refractivity contribution in [3.63, 3.8) is 0 Å². The number of carbonyl (C=O) groups is 2. The Morgan fingerprint density at radius 1 is 1.06 bits per heavy atom. The van der Waals surface area contributed by atoms with Gasteiger partial charge < -0.3 is 20.3 Å². The molecule has 1 spiro atoms. The van der Waals surface area contributed by atoms with Gasteiger partial charge in [-0.05, 0) is 56.6 Å². The zero-order chi connectivity index (χ0) is 25.2. The molecule has 1 aliphatic carbocycles. The van der Waals surface area contributed by atoms with Gasteiger partial charge in [0.1, 0.15) is 0 Å². The molecule has 0 aromatic heterocycles. The molecule has 1 fully saturated rings. The van der Waals surface area contributed by atoms with E-state index in [2.05, 4.69) is 12.2 Å². The minimum Gasteiger partial charge on any atom is -0.447 e. The molecule has 2 aliphatic heterocycles. The number of allylic oxidation sites excluding steroid dienone is 1. The topological polar surface area (TPSA) is 95.9 Å². The standard InChI is InChI=1S/C29H39NO5/c1-18-9-7-13-22(31)15-16-25(32)35-29-23(14-8-10-18)27(33)20(3)19(2)26(29)24(30-28(29)34)17-21-11-5-4-6-12-21/h4-6,8,11-12,14,18,22-24,26-27,31,33H,7,9-10,13,15-17H2,1-3H3,(H,30,34)/t18-,22-,23+,24+,26+,27-,29-/m1/s1. The molecular weight excluding hydrogens is 442 g/mol. The Morgan fingerprint density at radius 2 is 1.80 bits per heavy atom. The largest absolute Gasteiger partial charge is 0.447 e. The van der Waals surface area contributed by atoms with Gasteiger partial charge in [0.25, 0.3) is 5.91 Å². The summed E-state index contributed by atoms with van der Waals surface area (Å²) < 4.78 is 6.15. The fraction of sp³-hybridized carbons (Fsp3) is 0.586. The van der Waals surface area contributed by atoms with Crippen molar-refractivity contribution in [1.82, 2.24) is 5.32 Å². The van der Waals surface area contributed by atoms with Crippen LogP contribution in [0.4, 0.5) is 0 Å². The number of amides is 1. The average molecular weight is 482 g/mol. The first-order valence-electron chi connectivity index (χ1n) is 13.0. The Balaban J connectivity index is 1.77. The molecule has 6 heteroatoms. The minimum atomic E-state index is -1.52. The van der Waals surface area contributed by atoms with Crippen molar-refractivity contribution >= 4 is 11.9 Å². The van der Waals surface area contributed by atoms with Crippen LogP contribution in [0.2, 0.25) is 0 Å². The SMILES string of the molecule is CC1=C(C)[C@H]2[C@H](Cc3ccccc3)NC(=O)[C@]23OC(=O)CC[C@H](O)CCC[C@@H](C)CC=C[C@H]3[C@@H]1O. The van der Waals surface area contributed by atoms with Crippen molar-refractivity contribution in [2.45, 2.75) is 89.6 Å². The highest BCUT2D eigenvalue weighted by Gasteiger charge is 2.66. The lowest BCUT2D eigenvalue weighted by atomic mass is 9.63. The van der Waals surface area contributed by atoms with Crippen molar-refractivity contribution < 1.29 is 24.5 Å². The molecule has 1 amide bonds. The van der Waals surface area contributed by atoms with E-state index in [0.717, 1.165) is 36.0 Å². The molecule has 2 heterocycles. The summed E-state index contributed by atoms with van der Waals surface area (Å²) in [5, 5.41) is 24.9. The summed E-state index contributed by atoms with van der Waals surface area (Å²) in [5.74, 6) is -1.52. The maximum Gasteiger partial charge on any atom is 0.306 e. The van der Waals surface area contributed by atoms with Crippen LogP contribution in [-0.4, -0.2) is 45.9 Å². The van der Waals surface area contributed by atoms with Gasteiger partial charge in [0.15, 0.2) is 0 Å². The third-order valence-corrected chi connectivity index (χ3v) is 8.28. The second kappa shape index (κ2) is 10.7. The van der Waals surface area contributed by atoms with Crippen LogP contribution >= 0.6 is 0 Å². The van der Waals surface area contributed by atoms with Gasteiger partial charge in [-0.3, -0.25) is 9.59 Å². The van der Waals surface area contributed by atoms with Gasteiger partial charge >= 0.3 is 5.97 Å². The van der Waals surface area contributed by atoms with Gasteiger partial charge in [0.05, 0.1) is 24.0 Å². The molecule has 7 atom stereocenters. The number of aliphatic hydroxyl groups excluding tert-OH is 2. The van der Waals surface area contributed by atoms with E-state index in [-0.39, 0.29) is 18.4 Å². The molecule has 1 aromatic rings. The zero-order valence-electron chi connectivity index (χ0n) is 21.1. The molecule has 0 saturated carbocycles. The molecule has 4 rings (SSSR count). The van der Waals surface area contributed by atoms with Gasteiger partial charge in [0.2, 0.25) is 5.60 Å². The number of nitrogens with one attached hydrogen (secondary N) is 1. The number of esters is 1. The fourth-order valence-corrected chi connectivity index (χ4v) is 6.18. The predicted octanol–water partition coefficient (Wildman–Crippen LogP) is 3.86. The second-order valence-electron chi connectivity index (χ2n) is 10.7. The normalized spacial score (nSPS) is 36.6. The molecule has 0 bridgehead atoms. The Bertz CT molecular complexity index is 986. The molecule has 35 heavy (non-hydrogen) atoms. The van der Waals surface area contributed by atoms with Crippen LogP contribution in [-0.2, 0) is 20.7 Å². The van der Waals surface area contributed by atoms with E-state index >= 15 is 0 Å². The van der Waals surface area contributed by atoms with Gasteiger partial charge in [-0.15, -0.1) is 0 Å². The number of rotatable bonds is 2. The summed E-state index contributed by atoms with van der Waals surface area (Å²) in [7, 11) is 0. The van der Waals surface area contributed by atoms with Gasteiger partial charge in [-0.2, -0.15) is 0 Å².